The molecule has 2 aliphatic heterocycles. The summed E-state index contributed by atoms with van der Waals surface area (Å²) >= 11 is 0. The SMILES string of the molecule is C[C@H]1[C@@H](c2cc(C(F)(F)F)cc(C(F)(F)F)c2)OC(=O)N1Cc1cc(C(F)(F)F)ccc1CN1CCCC1. The lowest BCUT2D eigenvalue weighted by Crippen LogP contribution is -2.32. The van der Waals surface area contributed by atoms with Crippen molar-refractivity contribution in [3.05, 3.63) is 69.8 Å². The molecule has 208 valence electrons. The summed E-state index contributed by atoms with van der Waals surface area (Å²) in [6.07, 6.45) is -15.5. The predicted octanol–water partition coefficient (Wildman–Crippen LogP) is 7.42. The third-order valence-electron chi connectivity index (χ3n) is 6.80. The molecule has 0 spiro atoms. The monoisotopic (exact) mass is 554 g/mol. The van der Waals surface area contributed by atoms with Gasteiger partial charge in [0, 0.05) is 13.1 Å². The number of amides is 1. The summed E-state index contributed by atoms with van der Waals surface area (Å²) in [6, 6.07) is 3.03. The van der Waals surface area contributed by atoms with Gasteiger partial charge in [-0.25, -0.2) is 4.79 Å². The Morgan fingerprint density at radius 2 is 1.32 bits per heavy atom. The van der Waals surface area contributed by atoms with Gasteiger partial charge in [-0.05, 0) is 79.9 Å². The Morgan fingerprint density at radius 3 is 1.84 bits per heavy atom. The number of alkyl halides is 9. The van der Waals surface area contributed by atoms with Gasteiger partial charge >= 0.3 is 24.6 Å². The van der Waals surface area contributed by atoms with E-state index in [1.807, 2.05) is 4.90 Å². The molecule has 2 aromatic carbocycles. The lowest BCUT2D eigenvalue weighted by Gasteiger charge is -2.25. The van der Waals surface area contributed by atoms with E-state index in [0.29, 0.717) is 24.2 Å². The summed E-state index contributed by atoms with van der Waals surface area (Å²) in [4.78, 5) is 15.8. The van der Waals surface area contributed by atoms with Gasteiger partial charge in [-0.1, -0.05) is 6.07 Å². The lowest BCUT2D eigenvalue weighted by molar-refractivity contribution is -0.143. The Hall–Kier alpha value is -2.96. The first-order valence-electron chi connectivity index (χ1n) is 11.7. The van der Waals surface area contributed by atoms with Gasteiger partial charge in [0.2, 0.25) is 0 Å². The Bertz CT molecular complexity index is 1150. The van der Waals surface area contributed by atoms with Crippen molar-refractivity contribution in [3.63, 3.8) is 0 Å². The summed E-state index contributed by atoms with van der Waals surface area (Å²) in [6.45, 7) is 2.83. The minimum atomic E-state index is -5.09. The molecule has 0 N–H and O–H groups in total. The Balaban J connectivity index is 1.67. The number of carbonyl (C=O) groups excluding carboxylic acids is 1. The highest BCUT2D eigenvalue weighted by Crippen LogP contribution is 2.41. The average molecular weight is 554 g/mol. The van der Waals surface area contributed by atoms with Crippen LogP contribution in [-0.4, -0.2) is 35.0 Å². The number of nitrogens with zero attached hydrogens (tertiary/aromatic N) is 2. The fraction of sp³-hybridized carbons (Fsp3) is 0.480. The second-order valence-electron chi connectivity index (χ2n) is 9.48. The molecule has 2 saturated heterocycles. The van der Waals surface area contributed by atoms with Crippen LogP contribution in [0.4, 0.5) is 44.3 Å². The fourth-order valence-corrected chi connectivity index (χ4v) is 4.77. The van der Waals surface area contributed by atoms with Gasteiger partial charge in [-0.3, -0.25) is 9.80 Å². The van der Waals surface area contributed by atoms with E-state index in [0.717, 1.165) is 43.0 Å². The van der Waals surface area contributed by atoms with Gasteiger partial charge in [0.25, 0.3) is 0 Å². The van der Waals surface area contributed by atoms with Gasteiger partial charge in [0.05, 0.1) is 22.7 Å². The molecule has 2 heterocycles. The van der Waals surface area contributed by atoms with Crippen LogP contribution in [0.1, 0.15) is 59.3 Å². The molecule has 13 heteroatoms. The summed E-state index contributed by atoms with van der Waals surface area (Å²) in [5.74, 6) is 0. The van der Waals surface area contributed by atoms with Crippen molar-refractivity contribution < 1.29 is 49.0 Å². The maximum Gasteiger partial charge on any atom is 0.416 e. The van der Waals surface area contributed by atoms with Crippen LogP contribution in [0.25, 0.3) is 0 Å². The number of carbonyl (C=O) groups is 1. The molecule has 2 fully saturated rings. The number of benzene rings is 2. The zero-order chi connectivity index (χ0) is 28.0. The van der Waals surface area contributed by atoms with Crippen LogP contribution in [0, 0.1) is 0 Å². The van der Waals surface area contributed by atoms with E-state index in [-0.39, 0.29) is 18.2 Å². The fourth-order valence-electron chi connectivity index (χ4n) is 4.77. The number of cyclic esters (lactones) is 1. The molecule has 0 unspecified atom stereocenters. The van der Waals surface area contributed by atoms with Crippen LogP contribution in [-0.2, 0) is 36.4 Å². The molecule has 0 bridgehead atoms. The maximum atomic E-state index is 13.4. The van der Waals surface area contributed by atoms with Gasteiger partial charge in [0.15, 0.2) is 0 Å². The van der Waals surface area contributed by atoms with E-state index in [4.69, 9.17) is 4.74 Å². The number of rotatable bonds is 5. The zero-order valence-corrected chi connectivity index (χ0v) is 20.0. The number of likely N-dealkylation sites (tertiary alicyclic amines) is 1. The minimum absolute atomic E-state index is 0.0318. The van der Waals surface area contributed by atoms with Crippen molar-refractivity contribution in [2.24, 2.45) is 0 Å². The zero-order valence-electron chi connectivity index (χ0n) is 20.0. The number of ether oxygens (including phenoxy) is 1. The first-order valence-corrected chi connectivity index (χ1v) is 11.7. The highest BCUT2D eigenvalue weighted by atomic mass is 19.4. The van der Waals surface area contributed by atoms with Crippen LogP contribution >= 0.6 is 0 Å². The van der Waals surface area contributed by atoms with Crippen molar-refractivity contribution in [1.82, 2.24) is 9.80 Å². The van der Waals surface area contributed by atoms with Crippen molar-refractivity contribution in [2.75, 3.05) is 13.1 Å². The van der Waals surface area contributed by atoms with Crippen molar-refractivity contribution in [2.45, 2.75) is 63.5 Å². The Morgan fingerprint density at radius 1 is 0.763 bits per heavy atom. The summed E-state index contributed by atoms with van der Waals surface area (Å²) in [5, 5.41) is 0. The van der Waals surface area contributed by atoms with Crippen LogP contribution < -0.4 is 0 Å². The van der Waals surface area contributed by atoms with Gasteiger partial charge in [0.1, 0.15) is 6.10 Å². The van der Waals surface area contributed by atoms with E-state index in [1.165, 1.54) is 13.0 Å². The molecule has 2 aliphatic rings. The molecule has 0 saturated carbocycles. The molecule has 0 radical (unpaired) electrons. The molecule has 4 nitrogen and oxygen atoms in total. The van der Waals surface area contributed by atoms with Crippen molar-refractivity contribution in [3.8, 4) is 0 Å². The third kappa shape index (κ3) is 6.02. The van der Waals surface area contributed by atoms with Crippen LogP contribution in [0.3, 0.4) is 0 Å². The maximum absolute atomic E-state index is 13.4. The molecule has 2 atom stereocenters. The normalized spacial score (nSPS) is 21.3. The second kappa shape index (κ2) is 9.97. The van der Waals surface area contributed by atoms with Crippen LogP contribution in [0.2, 0.25) is 0 Å². The molecule has 4 rings (SSSR count). The number of hydrogen-bond acceptors (Lipinski definition) is 3. The molecule has 0 aliphatic carbocycles. The Kier molecular flexibility index (Phi) is 7.36. The number of hydrogen-bond donors (Lipinski definition) is 0. The van der Waals surface area contributed by atoms with E-state index in [2.05, 4.69) is 0 Å². The van der Waals surface area contributed by atoms with Crippen LogP contribution in [0.5, 0.6) is 0 Å². The molecule has 38 heavy (non-hydrogen) atoms. The molecule has 1 amide bonds. The quantitative estimate of drug-likeness (QED) is 0.361. The highest BCUT2D eigenvalue weighted by Gasteiger charge is 2.43. The topological polar surface area (TPSA) is 32.8 Å². The van der Waals surface area contributed by atoms with Crippen LogP contribution in [0.15, 0.2) is 36.4 Å². The summed E-state index contributed by atoms with van der Waals surface area (Å²) < 4.78 is 125. The largest absolute Gasteiger partial charge is 0.439 e. The van der Waals surface area contributed by atoms with Gasteiger partial charge < -0.3 is 4.74 Å². The second-order valence-corrected chi connectivity index (χ2v) is 9.48. The van der Waals surface area contributed by atoms with Crippen molar-refractivity contribution in [1.29, 1.82) is 0 Å². The Labute approximate surface area is 212 Å². The first kappa shape index (κ1) is 28.1. The van der Waals surface area contributed by atoms with E-state index >= 15 is 0 Å². The predicted molar refractivity (Wildman–Crippen MR) is 117 cm³/mol. The van der Waals surface area contributed by atoms with Gasteiger partial charge in [-0.2, -0.15) is 39.5 Å². The highest BCUT2D eigenvalue weighted by molar-refractivity contribution is 5.71. The summed E-state index contributed by atoms with van der Waals surface area (Å²) in [5.41, 5.74) is -3.89. The molecule has 2 aromatic rings. The van der Waals surface area contributed by atoms with E-state index in [1.54, 1.807) is 0 Å². The van der Waals surface area contributed by atoms with Crippen molar-refractivity contribution >= 4 is 6.09 Å². The minimum Gasteiger partial charge on any atom is -0.439 e. The van der Waals surface area contributed by atoms with Gasteiger partial charge in [-0.15, -0.1) is 0 Å². The molecule has 0 aromatic heterocycles. The smallest absolute Gasteiger partial charge is 0.416 e. The average Bonchev–Trinajstić information content (AvgIpc) is 3.41. The lowest BCUT2D eigenvalue weighted by atomic mass is 9.97. The molecular weight excluding hydrogens is 531 g/mol. The molecular formula is C25H23F9N2O2. The van der Waals surface area contributed by atoms with E-state index in [9.17, 15) is 44.3 Å². The first-order chi connectivity index (χ1) is 17.5. The van der Waals surface area contributed by atoms with E-state index < -0.39 is 59.0 Å². The number of halogens is 9. The standard InChI is InChI=1S/C25H23F9N2O2/c1-14-21(16-8-19(24(29,30)31)11-20(9-16)25(32,33)34)38-22(37)36(14)13-17-10-18(23(26,27)28)5-4-15(17)12-35-6-2-3-7-35/h4-5,8-11,14,21H,2-3,6-7,12-13H2,1H3/t14-,21-/m0/s1. The summed E-state index contributed by atoms with van der Waals surface area (Å²) in [7, 11) is 0. The third-order valence-corrected chi connectivity index (χ3v) is 6.80.